The minimum Gasteiger partial charge on any atom is -0.381 e. The molecular formula is C11H15ClOS. The number of aryl methyl sites for hydroxylation is 2. The summed E-state index contributed by atoms with van der Waals surface area (Å²) < 4.78 is 5.37. The van der Waals surface area contributed by atoms with Crippen LogP contribution in [-0.4, -0.2) is 13.2 Å². The molecule has 2 unspecified atom stereocenters. The van der Waals surface area contributed by atoms with E-state index in [1.54, 1.807) is 0 Å². The lowest BCUT2D eigenvalue weighted by atomic mass is 9.98. The molecule has 0 aliphatic carbocycles. The first kappa shape index (κ1) is 10.5. The number of hydrogen-bond donors (Lipinski definition) is 0. The van der Waals surface area contributed by atoms with E-state index in [0.717, 1.165) is 19.6 Å². The van der Waals surface area contributed by atoms with Crippen LogP contribution in [0.25, 0.3) is 0 Å². The fourth-order valence-corrected chi connectivity index (χ4v) is 3.42. The Morgan fingerprint density at radius 3 is 2.86 bits per heavy atom. The van der Waals surface area contributed by atoms with E-state index in [1.807, 2.05) is 11.3 Å². The van der Waals surface area contributed by atoms with Crippen molar-refractivity contribution in [3.05, 3.63) is 21.4 Å². The molecule has 0 saturated carbocycles. The number of alkyl halides is 1. The van der Waals surface area contributed by atoms with E-state index >= 15 is 0 Å². The van der Waals surface area contributed by atoms with E-state index in [2.05, 4.69) is 19.9 Å². The fourth-order valence-electron chi connectivity index (χ4n) is 1.96. The van der Waals surface area contributed by atoms with Gasteiger partial charge in [0.2, 0.25) is 0 Å². The molecule has 14 heavy (non-hydrogen) atoms. The van der Waals surface area contributed by atoms with Crippen molar-refractivity contribution in [2.24, 2.45) is 5.92 Å². The van der Waals surface area contributed by atoms with Gasteiger partial charge in [0.15, 0.2) is 0 Å². The lowest BCUT2D eigenvalue weighted by molar-refractivity contribution is 0.185. The second-order valence-electron chi connectivity index (χ2n) is 3.89. The quantitative estimate of drug-likeness (QED) is 0.705. The maximum absolute atomic E-state index is 6.46. The SMILES string of the molecule is Cc1cc(C(Cl)C2CCOC2)c(C)s1. The van der Waals surface area contributed by atoms with Crippen LogP contribution >= 0.6 is 22.9 Å². The van der Waals surface area contributed by atoms with Crippen molar-refractivity contribution in [1.82, 2.24) is 0 Å². The van der Waals surface area contributed by atoms with Gasteiger partial charge in [-0.3, -0.25) is 0 Å². The Morgan fingerprint density at radius 1 is 1.57 bits per heavy atom. The summed E-state index contributed by atoms with van der Waals surface area (Å²) in [4.78, 5) is 2.71. The molecule has 2 rings (SSSR count). The molecule has 0 N–H and O–H groups in total. The summed E-state index contributed by atoms with van der Waals surface area (Å²) in [5, 5.41) is 0.141. The predicted octanol–water partition coefficient (Wildman–Crippen LogP) is 3.68. The van der Waals surface area contributed by atoms with Crippen LogP contribution in [0.15, 0.2) is 6.07 Å². The smallest absolute Gasteiger partial charge is 0.0647 e. The van der Waals surface area contributed by atoms with Crippen molar-refractivity contribution in [2.45, 2.75) is 25.6 Å². The highest BCUT2D eigenvalue weighted by atomic mass is 35.5. The van der Waals surface area contributed by atoms with E-state index in [0.29, 0.717) is 5.92 Å². The van der Waals surface area contributed by atoms with Crippen LogP contribution in [0.4, 0.5) is 0 Å². The molecule has 1 aromatic rings. The summed E-state index contributed by atoms with van der Waals surface area (Å²) in [6, 6.07) is 2.22. The first-order chi connectivity index (χ1) is 6.68. The van der Waals surface area contributed by atoms with E-state index in [4.69, 9.17) is 16.3 Å². The number of ether oxygens (including phenoxy) is 1. The predicted molar refractivity (Wildman–Crippen MR) is 61.3 cm³/mol. The van der Waals surface area contributed by atoms with Gasteiger partial charge < -0.3 is 4.74 Å². The molecule has 2 atom stereocenters. The summed E-state index contributed by atoms with van der Waals surface area (Å²) >= 11 is 8.29. The monoisotopic (exact) mass is 230 g/mol. The third-order valence-electron chi connectivity index (χ3n) is 2.76. The number of hydrogen-bond acceptors (Lipinski definition) is 2. The van der Waals surface area contributed by atoms with Crippen molar-refractivity contribution in [2.75, 3.05) is 13.2 Å². The maximum Gasteiger partial charge on any atom is 0.0647 e. The summed E-state index contributed by atoms with van der Waals surface area (Å²) in [5.74, 6) is 0.504. The van der Waals surface area contributed by atoms with Crippen LogP contribution in [0, 0.1) is 19.8 Å². The van der Waals surface area contributed by atoms with Crippen molar-refractivity contribution in [1.29, 1.82) is 0 Å². The van der Waals surface area contributed by atoms with Crippen LogP contribution in [-0.2, 0) is 4.74 Å². The standard InChI is InChI=1S/C11H15ClOS/c1-7-5-10(8(2)14-7)11(12)9-3-4-13-6-9/h5,9,11H,3-4,6H2,1-2H3. The summed E-state index contributed by atoms with van der Waals surface area (Å²) in [7, 11) is 0. The zero-order valence-electron chi connectivity index (χ0n) is 8.55. The maximum atomic E-state index is 6.46. The molecule has 3 heteroatoms. The molecule has 1 fully saturated rings. The van der Waals surface area contributed by atoms with Crippen molar-refractivity contribution >= 4 is 22.9 Å². The molecule has 0 radical (unpaired) electrons. The Morgan fingerprint density at radius 2 is 2.36 bits per heavy atom. The molecule has 0 spiro atoms. The van der Waals surface area contributed by atoms with Gasteiger partial charge in [0.05, 0.1) is 12.0 Å². The zero-order valence-corrected chi connectivity index (χ0v) is 10.1. The number of thiophene rings is 1. The van der Waals surface area contributed by atoms with Crippen LogP contribution < -0.4 is 0 Å². The molecule has 1 aliphatic rings. The van der Waals surface area contributed by atoms with Gasteiger partial charge in [-0.05, 0) is 31.9 Å². The third-order valence-corrected chi connectivity index (χ3v) is 4.33. The van der Waals surface area contributed by atoms with Crippen LogP contribution in [0.5, 0.6) is 0 Å². The van der Waals surface area contributed by atoms with Gasteiger partial charge in [-0.2, -0.15) is 0 Å². The molecule has 2 heterocycles. The highest BCUT2D eigenvalue weighted by molar-refractivity contribution is 7.12. The first-order valence-corrected chi connectivity index (χ1v) is 6.22. The van der Waals surface area contributed by atoms with Crippen molar-refractivity contribution in [3.63, 3.8) is 0 Å². The third kappa shape index (κ3) is 1.97. The van der Waals surface area contributed by atoms with Crippen LogP contribution in [0.3, 0.4) is 0 Å². The van der Waals surface area contributed by atoms with Gasteiger partial charge in [-0.1, -0.05) is 0 Å². The van der Waals surface area contributed by atoms with Crippen LogP contribution in [0.1, 0.15) is 27.1 Å². The minimum atomic E-state index is 0.141. The summed E-state index contributed by atoms with van der Waals surface area (Å²) in [5.41, 5.74) is 1.31. The minimum absolute atomic E-state index is 0.141. The molecule has 1 saturated heterocycles. The molecular weight excluding hydrogens is 216 g/mol. The molecule has 78 valence electrons. The van der Waals surface area contributed by atoms with E-state index in [-0.39, 0.29) is 5.38 Å². The van der Waals surface area contributed by atoms with Crippen LogP contribution in [0.2, 0.25) is 0 Å². The Kier molecular flexibility index (Phi) is 3.15. The fraction of sp³-hybridized carbons (Fsp3) is 0.636. The van der Waals surface area contributed by atoms with Crippen molar-refractivity contribution < 1.29 is 4.74 Å². The topological polar surface area (TPSA) is 9.23 Å². The van der Waals surface area contributed by atoms with Gasteiger partial charge in [0.1, 0.15) is 0 Å². The van der Waals surface area contributed by atoms with Crippen molar-refractivity contribution in [3.8, 4) is 0 Å². The van der Waals surface area contributed by atoms with Gasteiger partial charge >= 0.3 is 0 Å². The average molecular weight is 231 g/mol. The second-order valence-corrected chi connectivity index (χ2v) is 5.82. The highest BCUT2D eigenvalue weighted by Crippen LogP contribution is 2.38. The largest absolute Gasteiger partial charge is 0.381 e. The summed E-state index contributed by atoms with van der Waals surface area (Å²) in [6.07, 6.45) is 1.10. The van der Waals surface area contributed by atoms with E-state index in [9.17, 15) is 0 Å². The van der Waals surface area contributed by atoms with E-state index in [1.165, 1.54) is 15.3 Å². The first-order valence-electron chi connectivity index (χ1n) is 4.97. The average Bonchev–Trinajstić information content (AvgIpc) is 2.73. The van der Waals surface area contributed by atoms with Gasteiger partial charge in [0, 0.05) is 22.3 Å². The number of rotatable bonds is 2. The summed E-state index contributed by atoms with van der Waals surface area (Å²) in [6.45, 7) is 5.98. The molecule has 0 bridgehead atoms. The lowest BCUT2D eigenvalue weighted by Gasteiger charge is -2.15. The molecule has 1 aromatic heterocycles. The van der Waals surface area contributed by atoms with E-state index < -0.39 is 0 Å². The van der Waals surface area contributed by atoms with Gasteiger partial charge in [-0.25, -0.2) is 0 Å². The lowest BCUT2D eigenvalue weighted by Crippen LogP contribution is -2.07. The second kappa shape index (κ2) is 4.21. The number of halogens is 1. The van der Waals surface area contributed by atoms with Gasteiger partial charge in [0.25, 0.3) is 0 Å². The zero-order chi connectivity index (χ0) is 10.1. The Balaban J connectivity index is 2.17. The molecule has 1 aliphatic heterocycles. The van der Waals surface area contributed by atoms with Gasteiger partial charge in [-0.15, -0.1) is 22.9 Å². The molecule has 0 aromatic carbocycles. The molecule has 1 nitrogen and oxygen atoms in total. The molecule has 0 amide bonds. The Labute approximate surface area is 94.0 Å². The Hall–Kier alpha value is -0.0500. The Bertz CT molecular complexity index is 315. The normalized spacial score (nSPS) is 24.1. The highest BCUT2D eigenvalue weighted by Gasteiger charge is 2.27.